The van der Waals surface area contributed by atoms with Gasteiger partial charge < -0.3 is 4.57 Å². The van der Waals surface area contributed by atoms with Crippen molar-refractivity contribution in [3.8, 4) is 5.69 Å². The SMILES string of the molecule is C/C=C\C(=C/C(C)=O)c1cc2ccncc2n1-c1ccc(Cl)cc1.CCC. The van der Waals surface area contributed by atoms with Crippen molar-refractivity contribution < 1.29 is 4.79 Å². The molecule has 0 radical (unpaired) electrons. The smallest absolute Gasteiger partial charge is 0.153 e. The van der Waals surface area contributed by atoms with Gasteiger partial charge >= 0.3 is 0 Å². The van der Waals surface area contributed by atoms with Crippen LogP contribution in [0, 0.1) is 0 Å². The maximum Gasteiger partial charge on any atom is 0.153 e. The average Bonchev–Trinajstić information content (AvgIpc) is 3.02. The Kier molecular flexibility index (Phi) is 7.56. The number of nitrogens with zero attached hydrogens (tertiary/aromatic N) is 2. The minimum absolute atomic E-state index is 0.00846. The second-order valence-electron chi connectivity index (χ2n) is 6.19. The Morgan fingerprint density at radius 1 is 1.19 bits per heavy atom. The molecule has 0 unspecified atom stereocenters. The van der Waals surface area contributed by atoms with E-state index in [4.69, 9.17) is 11.6 Å². The monoisotopic (exact) mass is 380 g/mol. The van der Waals surface area contributed by atoms with Crippen LogP contribution in [-0.4, -0.2) is 15.3 Å². The first-order chi connectivity index (χ1) is 13.0. The van der Waals surface area contributed by atoms with Crippen LogP contribution < -0.4 is 0 Å². The summed E-state index contributed by atoms with van der Waals surface area (Å²) < 4.78 is 2.09. The Hall–Kier alpha value is -2.65. The summed E-state index contributed by atoms with van der Waals surface area (Å²) in [6, 6.07) is 11.7. The number of halogens is 1. The zero-order valence-electron chi connectivity index (χ0n) is 16.2. The van der Waals surface area contributed by atoms with Gasteiger partial charge in [-0.25, -0.2) is 0 Å². The van der Waals surface area contributed by atoms with E-state index in [-0.39, 0.29) is 5.78 Å². The third-order valence-corrected chi connectivity index (χ3v) is 3.94. The highest BCUT2D eigenvalue weighted by molar-refractivity contribution is 6.30. The molecule has 0 atom stereocenters. The third kappa shape index (κ3) is 5.18. The van der Waals surface area contributed by atoms with Crippen LogP contribution in [0.4, 0.5) is 0 Å². The summed E-state index contributed by atoms with van der Waals surface area (Å²) in [5, 5.41) is 1.75. The highest BCUT2D eigenvalue weighted by atomic mass is 35.5. The van der Waals surface area contributed by atoms with Gasteiger partial charge in [-0.05, 0) is 56.3 Å². The molecule has 0 bridgehead atoms. The van der Waals surface area contributed by atoms with Gasteiger partial charge in [-0.3, -0.25) is 9.78 Å². The van der Waals surface area contributed by atoms with Crippen LogP contribution in [0.25, 0.3) is 22.2 Å². The fourth-order valence-electron chi connectivity index (χ4n) is 2.73. The molecule has 1 aromatic carbocycles. The van der Waals surface area contributed by atoms with Crippen molar-refractivity contribution in [3.63, 3.8) is 0 Å². The van der Waals surface area contributed by atoms with Crippen molar-refractivity contribution in [2.45, 2.75) is 34.1 Å². The van der Waals surface area contributed by atoms with Gasteiger partial charge in [0, 0.05) is 27.9 Å². The Balaban J connectivity index is 0.000000817. The van der Waals surface area contributed by atoms with Crippen LogP contribution >= 0.6 is 11.6 Å². The van der Waals surface area contributed by atoms with Crippen molar-refractivity contribution in [1.82, 2.24) is 9.55 Å². The molecule has 0 fully saturated rings. The Morgan fingerprint density at radius 2 is 1.85 bits per heavy atom. The van der Waals surface area contributed by atoms with E-state index in [1.54, 1.807) is 19.2 Å². The molecular formula is C23H25ClN2O. The first kappa shape index (κ1) is 20.7. The lowest BCUT2D eigenvalue weighted by molar-refractivity contribution is -0.112. The van der Waals surface area contributed by atoms with E-state index in [0.717, 1.165) is 27.9 Å². The van der Waals surface area contributed by atoms with E-state index in [1.807, 2.05) is 55.6 Å². The van der Waals surface area contributed by atoms with Crippen LogP contribution in [0.15, 0.2) is 67.0 Å². The molecule has 2 heterocycles. The lowest BCUT2D eigenvalue weighted by atomic mass is 10.1. The van der Waals surface area contributed by atoms with Gasteiger partial charge in [0.2, 0.25) is 0 Å². The van der Waals surface area contributed by atoms with Crippen molar-refractivity contribution in [1.29, 1.82) is 0 Å². The van der Waals surface area contributed by atoms with Crippen molar-refractivity contribution in [2.24, 2.45) is 0 Å². The zero-order chi connectivity index (χ0) is 19.8. The molecule has 3 nitrogen and oxygen atoms in total. The van der Waals surface area contributed by atoms with E-state index in [0.29, 0.717) is 5.02 Å². The molecule has 0 saturated heterocycles. The zero-order valence-corrected chi connectivity index (χ0v) is 17.0. The Morgan fingerprint density at radius 3 is 2.44 bits per heavy atom. The molecule has 4 heteroatoms. The first-order valence-electron chi connectivity index (χ1n) is 9.08. The summed E-state index contributed by atoms with van der Waals surface area (Å²) in [6.07, 6.45) is 10.4. The molecule has 0 aliphatic carbocycles. The summed E-state index contributed by atoms with van der Waals surface area (Å²) in [5.41, 5.74) is 3.75. The van der Waals surface area contributed by atoms with Crippen molar-refractivity contribution >= 4 is 33.9 Å². The van der Waals surface area contributed by atoms with E-state index in [9.17, 15) is 4.79 Å². The lowest BCUT2D eigenvalue weighted by Gasteiger charge is -2.12. The van der Waals surface area contributed by atoms with E-state index >= 15 is 0 Å². The maximum atomic E-state index is 11.7. The normalized spacial score (nSPS) is 11.5. The first-order valence-corrected chi connectivity index (χ1v) is 9.46. The van der Waals surface area contributed by atoms with Crippen LogP contribution in [0.3, 0.4) is 0 Å². The number of hydrogen-bond acceptors (Lipinski definition) is 2. The standard InChI is InChI=1S/C20H17ClN2O.C3H8/c1-3-4-15(11-14(2)24)19-12-16-9-10-22-13-20(16)23(19)18-7-5-17(21)6-8-18;1-3-2/h3-13H,1-2H3;3H2,1-2H3/b4-3-,15-11+;. The van der Waals surface area contributed by atoms with Gasteiger partial charge in [-0.1, -0.05) is 44.0 Å². The summed E-state index contributed by atoms with van der Waals surface area (Å²) in [7, 11) is 0. The molecule has 0 N–H and O–H groups in total. The molecule has 3 rings (SSSR count). The van der Waals surface area contributed by atoms with E-state index in [1.165, 1.54) is 6.42 Å². The number of rotatable bonds is 4. The number of aromatic nitrogens is 2. The lowest BCUT2D eigenvalue weighted by Crippen LogP contribution is -2.00. The summed E-state index contributed by atoms with van der Waals surface area (Å²) in [4.78, 5) is 15.9. The Bertz CT molecular complexity index is 966. The molecule has 0 spiro atoms. The van der Waals surface area contributed by atoms with Gasteiger partial charge in [0.25, 0.3) is 0 Å². The number of ketones is 1. The van der Waals surface area contributed by atoms with Crippen LogP contribution in [0.5, 0.6) is 0 Å². The molecule has 27 heavy (non-hydrogen) atoms. The van der Waals surface area contributed by atoms with Crippen molar-refractivity contribution in [3.05, 3.63) is 77.7 Å². The quantitative estimate of drug-likeness (QED) is 0.375. The molecular weight excluding hydrogens is 356 g/mol. The topological polar surface area (TPSA) is 34.9 Å². The van der Waals surface area contributed by atoms with Gasteiger partial charge in [0.1, 0.15) is 0 Å². The number of allylic oxidation sites excluding steroid dienone is 4. The predicted molar refractivity (Wildman–Crippen MR) is 116 cm³/mol. The van der Waals surface area contributed by atoms with Gasteiger partial charge in [-0.2, -0.15) is 0 Å². The number of benzene rings is 1. The summed E-state index contributed by atoms with van der Waals surface area (Å²) in [6.45, 7) is 7.74. The summed E-state index contributed by atoms with van der Waals surface area (Å²) >= 11 is 6.02. The van der Waals surface area contributed by atoms with Crippen LogP contribution in [0.2, 0.25) is 5.02 Å². The number of carbonyl (C=O) groups excluding carboxylic acids is 1. The van der Waals surface area contributed by atoms with Crippen LogP contribution in [-0.2, 0) is 4.79 Å². The minimum atomic E-state index is 0.00846. The number of carbonyl (C=O) groups is 1. The van der Waals surface area contributed by atoms with E-state index < -0.39 is 0 Å². The summed E-state index contributed by atoms with van der Waals surface area (Å²) in [5.74, 6) is 0.00846. The molecule has 2 aromatic heterocycles. The number of fused-ring (bicyclic) bond motifs is 1. The van der Waals surface area contributed by atoms with Gasteiger partial charge in [-0.15, -0.1) is 0 Å². The number of hydrogen-bond donors (Lipinski definition) is 0. The Labute approximate surface area is 166 Å². The fourth-order valence-corrected chi connectivity index (χ4v) is 2.86. The molecule has 0 saturated carbocycles. The predicted octanol–water partition coefficient (Wildman–Crippen LogP) is 6.64. The molecule has 140 valence electrons. The molecule has 0 aliphatic rings. The van der Waals surface area contributed by atoms with Crippen molar-refractivity contribution in [2.75, 3.05) is 0 Å². The minimum Gasteiger partial charge on any atom is -0.308 e. The third-order valence-electron chi connectivity index (χ3n) is 3.69. The second-order valence-corrected chi connectivity index (χ2v) is 6.63. The van der Waals surface area contributed by atoms with Gasteiger partial charge in [0.05, 0.1) is 17.4 Å². The average molecular weight is 381 g/mol. The van der Waals surface area contributed by atoms with Crippen LogP contribution in [0.1, 0.15) is 39.8 Å². The second kappa shape index (κ2) is 9.89. The fraction of sp³-hybridized carbons (Fsp3) is 0.217. The largest absolute Gasteiger partial charge is 0.308 e. The van der Waals surface area contributed by atoms with Gasteiger partial charge in [0.15, 0.2) is 5.78 Å². The molecule has 3 aromatic rings. The highest BCUT2D eigenvalue weighted by Gasteiger charge is 2.13. The highest BCUT2D eigenvalue weighted by Crippen LogP contribution is 2.29. The number of pyridine rings is 1. The maximum absolute atomic E-state index is 11.7. The molecule has 0 aliphatic heterocycles. The van der Waals surface area contributed by atoms with E-state index in [2.05, 4.69) is 29.5 Å². The molecule has 0 amide bonds.